The van der Waals surface area contributed by atoms with Gasteiger partial charge in [0.25, 0.3) is 0 Å². The number of fused-ring (bicyclic) bond motifs is 1. The Bertz CT molecular complexity index is 1170. The molecule has 0 aliphatic heterocycles. The predicted molar refractivity (Wildman–Crippen MR) is 111 cm³/mol. The van der Waals surface area contributed by atoms with Crippen LogP contribution < -0.4 is 5.32 Å². The lowest BCUT2D eigenvalue weighted by molar-refractivity contribution is -0.120. The summed E-state index contributed by atoms with van der Waals surface area (Å²) in [5.74, 6) is -0.633. The minimum absolute atomic E-state index is 0.0712. The van der Waals surface area contributed by atoms with Crippen LogP contribution in [-0.4, -0.2) is 20.6 Å². The highest BCUT2D eigenvalue weighted by atomic mass is 19.1. The molecule has 30 heavy (non-hydrogen) atoms. The van der Waals surface area contributed by atoms with Gasteiger partial charge in [0.05, 0.1) is 34.7 Å². The lowest BCUT2D eigenvalue weighted by atomic mass is 9.91. The van der Waals surface area contributed by atoms with Crippen molar-refractivity contribution in [3.05, 3.63) is 58.9 Å². The third kappa shape index (κ3) is 3.55. The normalized spacial score (nSPS) is 16.0. The van der Waals surface area contributed by atoms with Crippen LogP contribution in [0.25, 0.3) is 11.0 Å². The number of rotatable bonds is 5. The van der Waals surface area contributed by atoms with Crippen LogP contribution in [0.5, 0.6) is 0 Å². The lowest BCUT2D eigenvalue weighted by Gasteiger charge is -2.29. The molecule has 154 valence electrons. The molecule has 1 fully saturated rings. The number of imidazole rings is 1. The minimum Gasteiger partial charge on any atom is -0.385 e. The molecule has 1 amide bonds. The van der Waals surface area contributed by atoms with E-state index in [0.717, 1.165) is 30.3 Å². The average molecular weight is 406 g/mol. The van der Waals surface area contributed by atoms with Crippen molar-refractivity contribution in [2.75, 3.05) is 5.32 Å². The van der Waals surface area contributed by atoms with E-state index in [-0.39, 0.29) is 18.0 Å². The largest absolute Gasteiger partial charge is 0.385 e. The number of anilines is 1. The number of nitrogens with zero attached hydrogens (tertiary/aromatic N) is 3. The molecule has 2 aromatic carbocycles. The summed E-state index contributed by atoms with van der Waals surface area (Å²) in [6.07, 6.45) is 2.72. The number of amides is 1. The summed E-state index contributed by atoms with van der Waals surface area (Å²) in [4.78, 5) is 17.3. The fourth-order valence-corrected chi connectivity index (χ4v) is 3.94. The summed E-state index contributed by atoms with van der Waals surface area (Å²) in [5, 5.41) is 22.9. The molecule has 1 heterocycles. The van der Waals surface area contributed by atoms with Gasteiger partial charge in [0, 0.05) is 11.6 Å². The average Bonchev–Trinajstić information content (AvgIpc) is 2.95. The van der Waals surface area contributed by atoms with Crippen LogP contribution in [0.2, 0.25) is 0 Å². The molecule has 4 rings (SSSR count). The third-order valence-corrected chi connectivity index (χ3v) is 5.81. The smallest absolute Gasteiger partial charge is 0.229 e. The maximum absolute atomic E-state index is 14.1. The SMILES string of the molecule is Cc1cc2nc(NC(=O)C[C@](C)(O)c3ccccc3F)n(C3CCC3)c2cc1C#N. The standard InChI is InChI=1S/C23H23FN4O2/c1-14-10-19-20(11-15(14)13-25)28(16-6-5-7-16)22(26-19)27-21(29)12-23(2,30)17-8-3-4-9-18(17)24/h3-4,8-11,16,30H,5-7,12H2,1-2H3,(H,26,27,29)/t23-/m0/s1. The molecule has 0 saturated heterocycles. The Morgan fingerprint density at radius 3 is 2.77 bits per heavy atom. The van der Waals surface area contributed by atoms with E-state index < -0.39 is 17.3 Å². The molecular formula is C23H23FN4O2. The van der Waals surface area contributed by atoms with Gasteiger partial charge in [-0.3, -0.25) is 10.1 Å². The van der Waals surface area contributed by atoms with E-state index in [2.05, 4.69) is 16.4 Å². The number of aliphatic hydroxyl groups is 1. The Hall–Kier alpha value is -3.24. The molecule has 0 spiro atoms. The summed E-state index contributed by atoms with van der Waals surface area (Å²) in [6, 6.07) is 11.9. The van der Waals surface area contributed by atoms with Gasteiger partial charge in [-0.05, 0) is 56.9 Å². The molecule has 1 atom stereocenters. The molecule has 1 aliphatic rings. The minimum atomic E-state index is -1.66. The van der Waals surface area contributed by atoms with Gasteiger partial charge in [0.2, 0.25) is 11.9 Å². The van der Waals surface area contributed by atoms with Crippen LogP contribution in [0.4, 0.5) is 10.3 Å². The Kier molecular flexibility index (Phi) is 5.04. The second-order valence-corrected chi connectivity index (χ2v) is 8.14. The van der Waals surface area contributed by atoms with Gasteiger partial charge in [-0.1, -0.05) is 18.2 Å². The number of halogens is 1. The van der Waals surface area contributed by atoms with Gasteiger partial charge in [0.1, 0.15) is 5.82 Å². The molecule has 3 aromatic rings. The quantitative estimate of drug-likeness (QED) is 0.660. The Balaban J connectivity index is 1.65. The summed E-state index contributed by atoms with van der Waals surface area (Å²) in [5.41, 5.74) is 1.31. The molecule has 2 N–H and O–H groups in total. The van der Waals surface area contributed by atoms with Gasteiger partial charge in [-0.2, -0.15) is 5.26 Å². The number of carbonyl (C=O) groups is 1. The van der Waals surface area contributed by atoms with Crippen LogP contribution in [0.3, 0.4) is 0 Å². The Morgan fingerprint density at radius 1 is 1.40 bits per heavy atom. The summed E-state index contributed by atoms with van der Waals surface area (Å²) in [7, 11) is 0. The van der Waals surface area contributed by atoms with Gasteiger partial charge in [0.15, 0.2) is 0 Å². The van der Waals surface area contributed by atoms with Gasteiger partial charge < -0.3 is 9.67 Å². The number of nitrogens with one attached hydrogen (secondary N) is 1. The highest BCUT2D eigenvalue weighted by molar-refractivity contribution is 5.92. The first kappa shape index (κ1) is 20.0. The van der Waals surface area contributed by atoms with E-state index in [4.69, 9.17) is 0 Å². The van der Waals surface area contributed by atoms with Crippen LogP contribution in [0.15, 0.2) is 36.4 Å². The van der Waals surface area contributed by atoms with Crippen LogP contribution in [0.1, 0.15) is 55.3 Å². The van der Waals surface area contributed by atoms with E-state index in [1.54, 1.807) is 12.1 Å². The number of hydrogen-bond acceptors (Lipinski definition) is 4. The van der Waals surface area contributed by atoms with Crippen molar-refractivity contribution < 1.29 is 14.3 Å². The zero-order chi connectivity index (χ0) is 21.5. The highest BCUT2D eigenvalue weighted by Gasteiger charge is 2.31. The second-order valence-electron chi connectivity index (χ2n) is 8.14. The van der Waals surface area contributed by atoms with Crippen molar-refractivity contribution in [3.63, 3.8) is 0 Å². The van der Waals surface area contributed by atoms with E-state index >= 15 is 0 Å². The first-order valence-corrected chi connectivity index (χ1v) is 10.00. The predicted octanol–water partition coefficient (Wildman–Crippen LogP) is 4.32. The molecule has 0 unspecified atom stereocenters. The number of aromatic nitrogens is 2. The number of hydrogen-bond donors (Lipinski definition) is 2. The highest BCUT2D eigenvalue weighted by Crippen LogP contribution is 2.38. The molecule has 0 bridgehead atoms. The molecule has 1 aromatic heterocycles. The summed E-state index contributed by atoms with van der Waals surface area (Å²) < 4.78 is 16.1. The third-order valence-electron chi connectivity index (χ3n) is 5.81. The Morgan fingerprint density at radius 2 is 2.13 bits per heavy atom. The van der Waals surface area contributed by atoms with Gasteiger partial charge in [-0.25, -0.2) is 9.37 Å². The van der Waals surface area contributed by atoms with Gasteiger partial charge >= 0.3 is 0 Å². The van der Waals surface area contributed by atoms with E-state index in [1.807, 2.05) is 17.6 Å². The van der Waals surface area contributed by atoms with E-state index in [9.17, 15) is 19.6 Å². The molecular weight excluding hydrogens is 383 g/mol. The number of benzene rings is 2. The summed E-state index contributed by atoms with van der Waals surface area (Å²) >= 11 is 0. The van der Waals surface area contributed by atoms with E-state index in [1.165, 1.54) is 25.1 Å². The van der Waals surface area contributed by atoms with Crippen molar-refractivity contribution in [2.45, 2.75) is 51.2 Å². The maximum atomic E-state index is 14.1. The number of carbonyl (C=O) groups excluding carboxylic acids is 1. The van der Waals surface area contributed by atoms with Crippen LogP contribution in [0, 0.1) is 24.1 Å². The van der Waals surface area contributed by atoms with Crippen molar-refractivity contribution >= 4 is 22.9 Å². The van der Waals surface area contributed by atoms with Crippen molar-refractivity contribution in [1.29, 1.82) is 5.26 Å². The fraction of sp³-hybridized carbons (Fsp3) is 0.348. The van der Waals surface area contributed by atoms with Gasteiger partial charge in [-0.15, -0.1) is 0 Å². The molecule has 0 radical (unpaired) electrons. The maximum Gasteiger partial charge on any atom is 0.229 e. The lowest BCUT2D eigenvalue weighted by Crippen LogP contribution is -2.30. The number of nitriles is 1. The van der Waals surface area contributed by atoms with Crippen LogP contribution in [-0.2, 0) is 10.4 Å². The van der Waals surface area contributed by atoms with Crippen molar-refractivity contribution in [3.8, 4) is 6.07 Å². The Labute approximate surface area is 174 Å². The zero-order valence-electron chi connectivity index (χ0n) is 16.9. The second kappa shape index (κ2) is 7.54. The topological polar surface area (TPSA) is 90.9 Å². The monoisotopic (exact) mass is 406 g/mol. The van der Waals surface area contributed by atoms with Crippen LogP contribution >= 0.6 is 0 Å². The van der Waals surface area contributed by atoms with Crippen molar-refractivity contribution in [2.24, 2.45) is 0 Å². The first-order chi connectivity index (χ1) is 14.3. The molecule has 1 aliphatic carbocycles. The number of aryl methyl sites for hydroxylation is 1. The van der Waals surface area contributed by atoms with E-state index in [0.29, 0.717) is 17.0 Å². The first-order valence-electron chi connectivity index (χ1n) is 10.00. The van der Waals surface area contributed by atoms with Crippen molar-refractivity contribution in [1.82, 2.24) is 9.55 Å². The molecule has 6 nitrogen and oxygen atoms in total. The zero-order valence-corrected chi connectivity index (χ0v) is 16.9. The fourth-order valence-electron chi connectivity index (χ4n) is 3.94. The molecule has 1 saturated carbocycles. The molecule has 7 heteroatoms. The summed E-state index contributed by atoms with van der Waals surface area (Å²) in [6.45, 7) is 3.27.